The molecule has 2 aromatic heterocycles. The van der Waals surface area contributed by atoms with Crippen LogP contribution in [-0.4, -0.2) is 15.3 Å². The summed E-state index contributed by atoms with van der Waals surface area (Å²) in [4.78, 5) is 16.2. The molecular weight excluding hydrogens is 262 g/mol. The Morgan fingerprint density at radius 3 is 2.89 bits per heavy atom. The van der Waals surface area contributed by atoms with Crippen LogP contribution in [0.3, 0.4) is 0 Å². The van der Waals surface area contributed by atoms with Gasteiger partial charge in [-0.1, -0.05) is 23.7 Å². The summed E-state index contributed by atoms with van der Waals surface area (Å²) in [7, 11) is 0. The zero-order valence-corrected chi connectivity index (χ0v) is 10.6. The minimum atomic E-state index is -0.231. The number of carbonyl (C=O) groups is 1. The van der Waals surface area contributed by atoms with E-state index >= 15 is 0 Å². The maximum Gasteiger partial charge on any atom is 0.257 e. The molecule has 0 radical (unpaired) electrons. The second-order valence-corrected chi connectivity index (χ2v) is 4.45. The molecule has 0 bridgehead atoms. The van der Waals surface area contributed by atoms with Crippen molar-refractivity contribution in [2.24, 2.45) is 0 Å². The second kappa shape index (κ2) is 4.74. The molecule has 1 aromatic carbocycles. The van der Waals surface area contributed by atoms with Gasteiger partial charge in [0.15, 0.2) is 0 Å². The van der Waals surface area contributed by atoms with Crippen molar-refractivity contribution in [3.8, 4) is 0 Å². The quantitative estimate of drug-likeness (QED) is 0.778. The molecule has 0 aliphatic carbocycles. The van der Waals surface area contributed by atoms with Crippen LogP contribution >= 0.6 is 11.6 Å². The SMILES string of the molecule is O=C(Nc1ccc2nccn2c1)c1ccccc1Cl. The summed E-state index contributed by atoms with van der Waals surface area (Å²) in [5.41, 5.74) is 1.97. The highest BCUT2D eigenvalue weighted by atomic mass is 35.5. The van der Waals surface area contributed by atoms with Crippen molar-refractivity contribution in [1.82, 2.24) is 9.38 Å². The molecule has 1 amide bonds. The Bertz CT molecular complexity index is 751. The number of hydrogen-bond acceptors (Lipinski definition) is 2. The van der Waals surface area contributed by atoms with Gasteiger partial charge in [-0.15, -0.1) is 0 Å². The van der Waals surface area contributed by atoms with Crippen LogP contribution in [-0.2, 0) is 0 Å². The lowest BCUT2D eigenvalue weighted by Gasteiger charge is -2.07. The van der Waals surface area contributed by atoms with Crippen molar-refractivity contribution >= 4 is 28.8 Å². The molecule has 0 spiro atoms. The van der Waals surface area contributed by atoms with Crippen molar-refractivity contribution in [3.63, 3.8) is 0 Å². The third kappa shape index (κ3) is 2.30. The van der Waals surface area contributed by atoms with E-state index in [0.29, 0.717) is 16.3 Å². The molecule has 0 atom stereocenters. The standard InChI is InChI=1S/C14H10ClN3O/c15-12-4-2-1-3-11(12)14(19)17-10-5-6-13-16-7-8-18(13)9-10/h1-9H,(H,17,19). The summed E-state index contributed by atoms with van der Waals surface area (Å²) in [6.07, 6.45) is 5.33. The molecule has 19 heavy (non-hydrogen) atoms. The summed E-state index contributed by atoms with van der Waals surface area (Å²) in [5.74, 6) is -0.231. The van der Waals surface area contributed by atoms with E-state index in [2.05, 4.69) is 10.3 Å². The van der Waals surface area contributed by atoms with Gasteiger partial charge >= 0.3 is 0 Å². The van der Waals surface area contributed by atoms with Crippen LogP contribution in [0.5, 0.6) is 0 Å². The highest BCUT2D eigenvalue weighted by Gasteiger charge is 2.09. The Kier molecular flexibility index (Phi) is 2.93. The van der Waals surface area contributed by atoms with Gasteiger partial charge in [-0.2, -0.15) is 0 Å². The smallest absolute Gasteiger partial charge is 0.257 e. The number of pyridine rings is 1. The average molecular weight is 272 g/mol. The second-order valence-electron chi connectivity index (χ2n) is 4.04. The maximum absolute atomic E-state index is 12.1. The van der Waals surface area contributed by atoms with E-state index < -0.39 is 0 Å². The Morgan fingerprint density at radius 1 is 1.21 bits per heavy atom. The predicted octanol–water partition coefficient (Wildman–Crippen LogP) is 3.24. The number of imidazole rings is 1. The topological polar surface area (TPSA) is 46.4 Å². The molecule has 0 aliphatic rings. The number of amides is 1. The van der Waals surface area contributed by atoms with E-state index in [1.54, 1.807) is 42.7 Å². The third-order valence-corrected chi connectivity index (χ3v) is 3.09. The van der Waals surface area contributed by atoms with Gasteiger partial charge in [0, 0.05) is 18.6 Å². The van der Waals surface area contributed by atoms with Crippen LogP contribution in [0.4, 0.5) is 5.69 Å². The first kappa shape index (κ1) is 11.7. The van der Waals surface area contributed by atoms with E-state index in [9.17, 15) is 4.79 Å². The van der Waals surface area contributed by atoms with Crippen molar-refractivity contribution in [1.29, 1.82) is 0 Å². The van der Waals surface area contributed by atoms with E-state index in [0.717, 1.165) is 5.65 Å². The Labute approximate surface area is 114 Å². The first-order valence-electron chi connectivity index (χ1n) is 5.72. The Hall–Kier alpha value is -2.33. The molecule has 4 nitrogen and oxygen atoms in total. The lowest BCUT2D eigenvalue weighted by Crippen LogP contribution is -2.12. The molecule has 3 rings (SSSR count). The van der Waals surface area contributed by atoms with E-state index in [1.165, 1.54) is 0 Å². The lowest BCUT2D eigenvalue weighted by molar-refractivity contribution is 0.102. The van der Waals surface area contributed by atoms with Gasteiger partial charge < -0.3 is 9.72 Å². The van der Waals surface area contributed by atoms with Gasteiger partial charge in [0.05, 0.1) is 16.3 Å². The van der Waals surface area contributed by atoms with Crippen molar-refractivity contribution in [2.75, 3.05) is 5.32 Å². The van der Waals surface area contributed by atoms with Gasteiger partial charge in [0.2, 0.25) is 0 Å². The van der Waals surface area contributed by atoms with Crippen LogP contribution in [0.15, 0.2) is 55.0 Å². The first-order valence-corrected chi connectivity index (χ1v) is 6.10. The van der Waals surface area contributed by atoms with Crippen LogP contribution in [0.1, 0.15) is 10.4 Å². The molecule has 0 saturated heterocycles. The zero-order chi connectivity index (χ0) is 13.2. The van der Waals surface area contributed by atoms with Crippen LogP contribution in [0, 0.1) is 0 Å². The normalized spacial score (nSPS) is 10.6. The molecule has 0 saturated carbocycles. The number of hydrogen-bond donors (Lipinski definition) is 1. The molecular formula is C14H10ClN3O. The lowest BCUT2D eigenvalue weighted by atomic mass is 10.2. The summed E-state index contributed by atoms with van der Waals surface area (Å²) < 4.78 is 1.84. The molecule has 5 heteroatoms. The number of carbonyl (C=O) groups excluding carboxylic acids is 1. The fraction of sp³-hybridized carbons (Fsp3) is 0. The molecule has 0 aliphatic heterocycles. The molecule has 3 aromatic rings. The molecule has 94 valence electrons. The number of nitrogens with one attached hydrogen (secondary N) is 1. The van der Waals surface area contributed by atoms with Gasteiger partial charge in [-0.25, -0.2) is 4.98 Å². The number of nitrogens with zero attached hydrogens (tertiary/aromatic N) is 2. The van der Waals surface area contributed by atoms with Crippen molar-refractivity contribution in [3.05, 3.63) is 65.6 Å². The largest absolute Gasteiger partial charge is 0.321 e. The average Bonchev–Trinajstić information content (AvgIpc) is 2.86. The minimum absolute atomic E-state index is 0.231. The molecule has 2 heterocycles. The summed E-state index contributed by atoms with van der Waals surface area (Å²) >= 11 is 5.99. The highest BCUT2D eigenvalue weighted by Crippen LogP contribution is 2.17. The van der Waals surface area contributed by atoms with Crippen molar-refractivity contribution in [2.45, 2.75) is 0 Å². The number of benzene rings is 1. The van der Waals surface area contributed by atoms with Gasteiger partial charge in [0.25, 0.3) is 5.91 Å². The van der Waals surface area contributed by atoms with Crippen molar-refractivity contribution < 1.29 is 4.79 Å². The molecule has 1 N–H and O–H groups in total. The Balaban J connectivity index is 1.88. The van der Waals surface area contributed by atoms with Gasteiger partial charge in [-0.05, 0) is 24.3 Å². The minimum Gasteiger partial charge on any atom is -0.321 e. The zero-order valence-electron chi connectivity index (χ0n) is 9.88. The van der Waals surface area contributed by atoms with Crippen LogP contribution in [0.2, 0.25) is 5.02 Å². The van der Waals surface area contributed by atoms with Gasteiger partial charge in [0.1, 0.15) is 5.65 Å². The number of anilines is 1. The van der Waals surface area contributed by atoms with E-state index in [4.69, 9.17) is 11.6 Å². The van der Waals surface area contributed by atoms with Crippen LogP contribution < -0.4 is 5.32 Å². The fourth-order valence-corrected chi connectivity index (χ4v) is 2.06. The fourth-order valence-electron chi connectivity index (χ4n) is 1.84. The first-order chi connectivity index (χ1) is 9.24. The summed E-state index contributed by atoms with van der Waals surface area (Å²) in [6.45, 7) is 0. The summed E-state index contributed by atoms with van der Waals surface area (Å²) in [6, 6.07) is 10.6. The Morgan fingerprint density at radius 2 is 2.05 bits per heavy atom. The number of halogens is 1. The highest BCUT2D eigenvalue weighted by molar-refractivity contribution is 6.34. The monoisotopic (exact) mass is 271 g/mol. The van der Waals surface area contributed by atoms with E-state index in [-0.39, 0.29) is 5.91 Å². The van der Waals surface area contributed by atoms with E-state index in [1.807, 2.05) is 16.7 Å². The molecule has 0 unspecified atom stereocenters. The predicted molar refractivity (Wildman–Crippen MR) is 74.6 cm³/mol. The molecule has 0 fully saturated rings. The summed E-state index contributed by atoms with van der Waals surface area (Å²) in [5, 5.41) is 3.24. The third-order valence-electron chi connectivity index (χ3n) is 2.77. The van der Waals surface area contributed by atoms with Gasteiger partial charge in [-0.3, -0.25) is 4.79 Å². The maximum atomic E-state index is 12.1. The number of aromatic nitrogens is 2. The van der Waals surface area contributed by atoms with Crippen LogP contribution in [0.25, 0.3) is 5.65 Å². The number of rotatable bonds is 2. The number of fused-ring (bicyclic) bond motifs is 1.